The van der Waals surface area contributed by atoms with Crippen LogP contribution in [0.4, 0.5) is 0 Å². The second kappa shape index (κ2) is 6.16. The van der Waals surface area contributed by atoms with Crippen molar-refractivity contribution in [2.24, 2.45) is 0 Å². The lowest BCUT2D eigenvalue weighted by Crippen LogP contribution is -2.39. The Morgan fingerprint density at radius 3 is 2.39 bits per heavy atom. The first kappa shape index (κ1) is 15.7. The van der Waals surface area contributed by atoms with Gasteiger partial charge in [0.2, 0.25) is 5.91 Å². The van der Waals surface area contributed by atoms with E-state index >= 15 is 0 Å². The first-order valence-corrected chi connectivity index (χ1v) is 9.25. The van der Waals surface area contributed by atoms with Crippen LogP contribution in [0, 0.1) is 6.92 Å². The molecule has 0 atom stereocenters. The Bertz CT molecular complexity index is 826. The number of carbonyl (C=O) groups is 1. The Balaban J connectivity index is 1.73. The summed E-state index contributed by atoms with van der Waals surface area (Å²) in [5.74, 6) is -0.807. The summed E-state index contributed by atoms with van der Waals surface area (Å²) in [6, 6.07) is 14.6. The molecule has 23 heavy (non-hydrogen) atoms. The highest BCUT2D eigenvalue weighted by Crippen LogP contribution is 2.20. The number of carbonyl (C=O) groups excluding carboxylic acids is 1. The summed E-state index contributed by atoms with van der Waals surface area (Å²) in [5, 5.41) is 0. The molecule has 2 aromatic rings. The van der Waals surface area contributed by atoms with Gasteiger partial charge in [-0.2, -0.15) is 0 Å². The molecule has 1 aliphatic heterocycles. The highest BCUT2D eigenvalue weighted by atomic mass is 32.2. The molecule has 120 valence electrons. The van der Waals surface area contributed by atoms with Crippen LogP contribution in [-0.4, -0.2) is 31.5 Å². The second-order valence-electron chi connectivity index (χ2n) is 5.91. The first-order chi connectivity index (χ1) is 11.0. The number of amides is 1. The van der Waals surface area contributed by atoms with Gasteiger partial charge in [-0.25, -0.2) is 8.42 Å². The molecule has 0 saturated heterocycles. The van der Waals surface area contributed by atoms with Crippen molar-refractivity contribution < 1.29 is 13.2 Å². The van der Waals surface area contributed by atoms with Gasteiger partial charge in [0.1, 0.15) is 5.75 Å². The second-order valence-corrected chi connectivity index (χ2v) is 7.90. The number of sulfone groups is 1. The van der Waals surface area contributed by atoms with Crippen molar-refractivity contribution >= 4 is 15.7 Å². The lowest BCUT2D eigenvalue weighted by atomic mass is 10.00. The van der Waals surface area contributed by atoms with E-state index in [4.69, 9.17) is 0 Å². The maximum Gasteiger partial charge on any atom is 0.238 e. The van der Waals surface area contributed by atoms with E-state index in [0.717, 1.165) is 17.5 Å². The minimum absolute atomic E-state index is 0.203. The van der Waals surface area contributed by atoms with Gasteiger partial charge in [-0.05, 0) is 36.6 Å². The molecule has 0 radical (unpaired) electrons. The van der Waals surface area contributed by atoms with Gasteiger partial charge in [-0.1, -0.05) is 42.0 Å². The molecule has 0 aliphatic carbocycles. The highest BCUT2D eigenvalue weighted by Gasteiger charge is 2.26. The van der Waals surface area contributed by atoms with Crippen molar-refractivity contribution in [3.63, 3.8) is 0 Å². The Labute approximate surface area is 136 Å². The SMILES string of the molecule is Cc1ccc(S(=O)(=O)CC(=O)N2CCc3ccccc3C2)cc1. The molecule has 3 rings (SSSR count). The predicted molar refractivity (Wildman–Crippen MR) is 88.8 cm³/mol. The molecule has 2 aromatic carbocycles. The average Bonchev–Trinajstić information content (AvgIpc) is 2.54. The molecule has 0 fully saturated rings. The maximum atomic E-state index is 12.4. The summed E-state index contributed by atoms with van der Waals surface area (Å²) >= 11 is 0. The molecule has 1 aliphatic rings. The third kappa shape index (κ3) is 3.45. The van der Waals surface area contributed by atoms with Gasteiger partial charge < -0.3 is 4.90 Å². The number of benzene rings is 2. The van der Waals surface area contributed by atoms with Gasteiger partial charge in [-0.3, -0.25) is 4.79 Å². The number of hydrogen-bond donors (Lipinski definition) is 0. The summed E-state index contributed by atoms with van der Waals surface area (Å²) in [6.45, 7) is 2.95. The van der Waals surface area contributed by atoms with Gasteiger partial charge in [0, 0.05) is 13.1 Å². The first-order valence-electron chi connectivity index (χ1n) is 7.60. The quantitative estimate of drug-likeness (QED) is 0.868. The Morgan fingerprint density at radius 2 is 1.70 bits per heavy atom. The van der Waals surface area contributed by atoms with E-state index in [0.29, 0.717) is 13.1 Å². The van der Waals surface area contributed by atoms with Gasteiger partial charge in [0.05, 0.1) is 4.90 Å². The fourth-order valence-electron chi connectivity index (χ4n) is 2.79. The van der Waals surface area contributed by atoms with Crippen LogP contribution in [0.5, 0.6) is 0 Å². The zero-order valence-electron chi connectivity index (χ0n) is 13.0. The Hall–Kier alpha value is -2.14. The number of aryl methyl sites for hydroxylation is 1. The van der Waals surface area contributed by atoms with Gasteiger partial charge in [0.25, 0.3) is 0 Å². The van der Waals surface area contributed by atoms with Gasteiger partial charge in [0.15, 0.2) is 9.84 Å². The van der Waals surface area contributed by atoms with E-state index in [1.807, 2.05) is 25.1 Å². The lowest BCUT2D eigenvalue weighted by molar-refractivity contribution is -0.129. The minimum atomic E-state index is -3.59. The molecule has 0 N–H and O–H groups in total. The average molecular weight is 329 g/mol. The molecule has 4 nitrogen and oxygen atoms in total. The smallest absolute Gasteiger partial charge is 0.238 e. The molecule has 1 heterocycles. The summed E-state index contributed by atoms with van der Waals surface area (Å²) in [5.41, 5.74) is 3.32. The standard InChI is InChI=1S/C18H19NO3S/c1-14-6-8-17(9-7-14)23(21,22)13-18(20)19-11-10-15-4-2-3-5-16(15)12-19/h2-9H,10-13H2,1H3. The molecule has 0 aromatic heterocycles. The summed E-state index contributed by atoms with van der Waals surface area (Å²) in [7, 11) is -3.59. The maximum absolute atomic E-state index is 12.4. The van der Waals surface area contributed by atoms with Crippen LogP contribution in [0.2, 0.25) is 0 Å². The van der Waals surface area contributed by atoms with Crippen molar-refractivity contribution in [2.75, 3.05) is 12.3 Å². The Kier molecular flexibility index (Phi) is 4.22. The zero-order valence-corrected chi connectivity index (χ0v) is 13.8. The molecule has 5 heteroatoms. The molecule has 0 spiro atoms. The lowest BCUT2D eigenvalue weighted by Gasteiger charge is -2.28. The van der Waals surface area contributed by atoms with E-state index in [9.17, 15) is 13.2 Å². The van der Waals surface area contributed by atoms with E-state index < -0.39 is 15.6 Å². The molecule has 1 amide bonds. The van der Waals surface area contributed by atoms with Crippen LogP contribution < -0.4 is 0 Å². The number of fused-ring (bicyclic) bond motifs is 1. The van der Waals surface area contributed by atoms with Crippen LogP contribution in [0.1, 0.15) is 16.7 Å². The third-order valence-corrected chi connectivity index (χ3v) is 5.79. The van der Waals surface area contributed by atoms with Crippen molar-refractivity contribution in [3.05, 3.63) is 65.2 Å². The van der Waals surface area contributed by atoms with E-state index in [1.165, 1.54) is 5.56 Å². The van der Waals surface area contributed by atoms with Crippen molar-refractivity contribution in [2.45, 2.75) is 24.8 Å². The molecule has 0 saturated carbocycles. The van der Waals surface area contributed by atoms with Crippen LogP contribution in [0.3, 0.4) is 0 Å². The molecular formula is C18H19NO3S. The monoisotopic (exact) mass is 329 g/mol. The van der Waals surface area contributed by atoms with E-state index in [-0.39, 0.29) is 10.8 Å². The third-order valence-electron chi connectivity index (χ3n) is 4.18. The molecule has 0 unspecified atom stereocenters. The van der Waals surface area contributed by atoms with Gasteiger partial charge in [-0.15, -0.1) is 0 Å². The number of rotatable bonds is 3. The van der Waals surface area contributed by atoms with Crippen LogP contribution >= 0.6 is 0 Å². The van der Waals surface area contributed by atoms with Crippen LogP contribution in [-0.2, 0) is 27.6 Å². The summed E-state index contributed by atoms with van der Waals surface area (Å²) in [6.07, 6.45) is 0.770. The summed E-state index contributed by atoms with van der Waals surface area (Å²) < 4.78 is 24.8. The number of hydrogen-bond acceptors (Lipinski definition) is 3. The van der Waals surface area contributed by atoms with Crippen molar-refractivity contribution in [1.29, 1.82) is 0 Å². The largest absolute Gasteiger partial charge is 0.337 e. The number of nitrogens with zero attached hydrogens (tertiary/aromatic N) is 1. The fourth-order valence-corrected chi connectivity index (χ4v) is 4.02. The van der Waals surface area contributed by atoms with Crippen molar-refractivity contribution in [1.82, 2.24) is 4.90 Å². The van der Waals surface area contributed by atoms with E-state index in [1.54, 1.807) is 29.2 Å². The molecule has 0 bridgehead atoms. The van der Waals surface area contributed by atoms with Crippen LogP contribution in [0.15, 0.2) is 53.4 Å². The van der Waals surface area contributed by atoms with E-state index in [2.05, 4.69) is 6.07 Å². The van der Waals surface area contributed by atoms with Crippen LogP contribution in [0.25, 0.3) is 0 Å². The minimum Gasteiger partial charge on any atom is -0.337 e. The fraction of sp³-hybridized carbons (Fsp3) is 0.278. The highest BCUT2D eigenvalue weighted by molar-refractivity contribution is 7.92. The topological polar surface area (TPSA) is 54.5 Å². The zero-order chi connectivity index (χ0) is 16.4. The van der Waals surface area contributed by atoms with Crippen molar-refractivity contribution in [3.8, 4) is 0 Å². The predicted octanol–water partition coefficient (Wildman–Crippen LogP) is 2.35. The Morgan fingerprint density at radius 1 is 1.04 bits per heavy atom. The summed E-state index contributed by atoms with van der Waals surface area (Å²) in [4.78, 5) is 14.2. The molecular weight excluding hydrogens is 310 g/mol. The normalized spacial score (nSPS) is 14.4. The van der Waals surface area contributed by atoms with Gasteiger partial charge >= 0.3 is 0 Å².